The summed E-state index contributed by atoms with van der Waals surface area (Å²) < 4.78 is 0. The van der Waals surface area contributed by atoms with E-state index in [0.29, 0.717) is 5.95 Å². The number of hydrogen-bond donors (Lipinski definition) is 2. The van der Waals surface area contributed by atoms with Crippen molar-refractivity contribution in [2.24, 2.45) is 11.8 Å². The molecule has 1 saturated carbocycles. The second-order valence-electron chi connectivity index (χ2n) is 5.29. The van der Waals surface area contributed by atoms with E-state index in [1.165, 1.54) is 32.1 Å². The van der Waals surface area contributed by atoms with Gasteiger partial charge in [-0.3, -0.25) is 10.1 Å². The number of rotatable bonds is 5. The molecule has 0 saturated heterocycles. The molecule has 1 aromatic heterocycles. The molecule has 0 atom stereocenters. The molecule has 18 heavy (non-hydrogen) atoms. The summed E-state index contributed by atoms with van der Waals surface area (Å²) in [7, 11) is 0. The van der Waals surface area contributed by atoms with E-state index in [4.69, 9.17) is 0 Å². The Morgan fingerprint density at radius 3 is 2.83 bits per heavy atom. The van der Waals surface area contributed by atoms with Crippen LogP contribution in [0.4, 0.5) is 5.95 Å². The Bertz CT molecular complexity index is 353. The van der Waals surface area contributed by atoms with Crippen LogP contribution in [0.25, 0.3) is 0 Å². The Labute approximate surface area is 109 Å². The largest absolute Gasteiger partial charge is 0.331 e. The van der Waals surface area contributed by atoms with Gasteiger partial charge in [-0.25, -0.2) is 4.98 Å². The number of hydrogen-bond acceptors (Lipinski definition) is 2. The average molecular weight is 249 g/mol. The number of carbonyl (C=O) groups is 1. The number of unbranched alkanes of at least 4 members (excludes halogenated alkanes) is 1. The number of nitrogens with one attached hydrogen (secondary N) is 2. The van der Waals surface area contributed by atoms with Gasteiger partial charge in [-0.15, -0.1) is 0 Å². The molecule has 1 amide bonds. The first kappa shape index (κ1) is 13.1. The van der Waals surface area contributed by atoms with E-state index in [2.05, 4.69) is 22.2 Å². The van der Waals surface area contributed by atoms with E-state index >= 15 is 0 Å². The van der Waals surface area contributed by atoms with Crippen molar-refractivity contribution in [1.82, 2.24) is 9.97 Å². The maximum absolute atomic E-state index is 12.0. The lowest BCUT2D eigenvalue weighted by Gasteiger charge is -2.27. The van der Waals surface area contributed by atoms with Crippen LogP contribution in [-0.2, 0) is 4.79 Å². The number of anilines is 1. The van der Waals surface area contributed by atoms with E-state index in [1.807, 2.05) is 0 Å². The van der Waals surface area contributed by atoms with Crippen molar-refractivity contribution in [2.75, 3.05) is 5.32 Å². The minimum Gasteiger partial charge on any atom is -0.331 e. The zero-order valence-corrected chi connectivity index (χ0v) is 11.1. The number of carbonyl (C=O) groups excluding carboxylic acids is 1. The summed E-state index contributed by atoms with van der Waals surface area (Å²) >= 11 is 0. The molecular weight excluding hydrogens is 226 g/mol. The molecule has 1 aliphatic rings. The van der Waals surface area contributed by atoms with Crippen LogP contribution in [0.3, 0.4) is 0 Å². The fourth-order valence-electron chi connectivity index (χ4n) is 2.76. The first-order chi connectivity index (χ1) is 8.79. The average Bonchev–Trinajstić information content (AvgIpc) is 2.89. The van der Waals surface area contributed by atoms with Crippen molar-refractivity contribution in [3.8, 4) is 0 Å². The van der Waals surface area contributed by atoms with Gasteiger partial charge >= 0.3 is 0 Å². The van der Waals surface area contributed by atoms with Gasteiger partial charge in [-0.1, -0.05) is 26.2 Å². The first-order valence-electron chi connectivity index (χ1n) is 7.09. The quantitative estimate of drug-likeness (QED) is 0.840. The summed E-state index contributed by atoms with van der Waals surface area (Å²) in [5.41, 5.74) is 0. The van der Waals surface area contributed by atoms with E-state index in [0.717, 1.165) is 18.8 Å². The predicted molar refractivity (Wildman–Crippen MR) is 72.2 cm³/mol. The first-order valence-corrected chi connectivity index (χ1v) is 7.09. The maximum Gasteiger partial charge on any atom is 0.229 e. The molecule has 100 valence electrons. The van der Waals surface area contributed by atoms with Crippen LogP contribution in [0.5, 0.6) is 0 Å². The lowest BCUT2D eigenvalue weighted by molar-refractivity contribution is -0.121. The highest BCUT2D eigenvalue weighted by Crippen LogP contribution is 2.32. The molecule has 1 heterocycles. The van der Waals surface area contributed by atoms with Crippen LogP contribution in [-0.4, -0.2) is 15.9 Å². The Hall–Kier alpha value is -1.32. The molecule has 0 radical (unpaired) electrons. The standard InChI is InChI=1S/C14H23N3O/c1-2-3-4-11-5-7-12(8-6-11)13(18)17-14-15-9-10-16-14/h9-12H,2-8H2,1H3,(H2,15,16,17,18). The third-order valence-corrected chi connectivity index (χ3v) is 3.92. The van der Waals surface area contributed by atoms with Crippen molar-refractivity contribution in [3.63, 3.8) is 0 Å². The van der Waals surface area contributed by atoms with Gasteiger partial charge in [0.15, 0.2) is 0 Å². The van der Waals surface area contributed by atoms with Crippen molar-refractivity contribution in [3.05, 3.63) is 12.4 Å². The van der Waals surface area contributed by atoms with E-state index in [-0.39, 0.29) is 11.8 Å². The molecule has 1 aliphatic carbocycles. The molecule has 2 N–H and O–H groups in total. The zero-order chi connectivity index (χ0) is 12.8. The highest BCUT2D eigenvalue weighted by Gasteiger charge is 2.26. The van der Waals surface area contributed by atoms with E-state index in [9.17, 15) is 4.79 Å². The molecule has 1 fully saturated rings. The van der Waals surface area contributed by atoms with Crippen LogP contribution in [0.2, 0.25) is 0 Å². The predicted octanol–water partition coefficient (Wildman–Crippen LogP) is 3.34. The summed E-state index contributed by atoms with van der Waals surface area (Å²) in [5, 5.41) is 2.84. The third-order valence-electron chi connectivity index (χ3n) is 3.92. The van der Waals surface area contributed by atoms with Crippen molar-refractivity contribution in [2.45, 2.75) is 51.9 Å². The van der Waals surface area contributed by atoms with Crippen LogP contribution in [0.15, 0.2) is 12.4 Å². The highest BCUT2D eigenvalue weighted by atomic mass is 16.2. The van der Waals surface area contributed by atoms with Gasteiger partial charge in [0.1, 0.15) is 0 Å². The Balaban J connectivity index is 1.73. The van der Waals surface area contributed by atoms with Crippen molar-refractivity contribution in [1.29, 1.82) is 0 Å². The second kappa shape index (κ2) is 6.57. The number of aromatic nitrogens is 2. The monoisotopic (exact) mass is 249 g/mol. The normalized spacial score (nSPS) is 23.8. The minimum absolute atomic E-state index is 0.124. The van der Waals surface area contributed by atoms with Gasteiger partial charge in [0.25, 0.3) is 0 Å². The lowest BCUT2D eigenvalue weighted by atomic mass is 9.79. The molecule has 0 bridgehead atoms. The Morgan fingerprint density at radius 2 is 2.22 bits per heavy atom. The molecular formula is C14H23N3O. The fraction of sp³-hybridized carbons (Fsp3) is 0.714. The van der Waals surface area contributed by atoms with Gasteiger partial charge in [0.2, 0.25) is 11.9 Å². The maximum atomic E-state index is 12.0. The minimum atomic E-state index is 0.124. The Morgan fingerprint density at radius 1 is 1.44 bits per heavy atom. The zero-order valence-electron chi connectivity index (χ0n) is 11.1. The molecule has 2 rings (SSSR count). The van der Waals surface area contributed by atoms with Crippen molar-refractivity contribution < 1.29 is 4.79 Å². The van der Waals surface area contributed by atoms with Gasteiger partial charge in [-0.2, -0.15) is 0 Å². The van der Waals surface area contributed by atoms with Crippen LogP contribution in [0.1, 0.15) is 51.9 Å². The summed E-state index contributed by atoms with van der Waals surface area (Å²) in [6.07, 6.45) is 11.8. The SMILES string of the molecule is CCCCC1CCC(C(=O)Nc2ncc[nH]2)CC1. The summed E-state index contributed by atoms with van der Waals surface area (Å²) in [4.78, 5) is 18.9. The number of nitrogens with zero attached hydrogens (tertiary/aromatic N) is 1. The van der Waals surface area contributed by atoms with Gasteiger partial charge in [-0.05, 0) is 31.6 Å². The van der Waals surface area contributed by atoms with E-state index < -0.39 is 0 Å². The Kier molecular flexibility index (Phi) is 4.79. The number of H-pyrrole nitrogens is 1. The molecule has 0 unspecified atom stereocenters. The van der Waals surface area contributed by atoms with E-state index in [1.54, 1.807) is 12.4 Å². The number of imidazole rings is 1. The molecule has 0 aliphatic heterocycles. The smallest absolute Gasteiger partial charge is 0.229 e. The van der Waals surface area contributed by atoms with Gasteiger partial charge < -0.3 is 4.98 Å². The fourth-order valence-corrected chi connectivity index (χ4v) is 2.76. The highest BCUT2D eigenvalue weighted by molar-refractivity contribution is 5.90. The summed E-state index contributed by atoms with van der Waals surface area (Å²) in [6.45, 7) is 2.24. The topological polar surface area (TPSA) is 57.8 Å². The summed E-state index contributed by atoms with van der Waals surface area (Å²) in [6, 6.07) is 0. The number of amides is 1. The van der Waals surface area contributed by atoms with Crippen LogP contribution < -0.4 is 5.32 Å². The van der Waals surface area contributed by atoms with Crippen LogP contribution in [0, 0.1) is 11.8 Å². The van der Waals surface area contributed by atoms with Crippen LogP contribution >= 0.6 is 0 Å². The van der Waals surface area contributed by atoms with Gasteiger partial charge in [0, 0.05) is 18.3 Å². The van der Waals surface area contributed by atoms with Crippen molar-refractivity contribution >= 4 is 11.9 Å². The molecule has 0 aromatic carbocycles. The summed E-state index contributed by atoms with van der Waals surface area (Å²) in [5.74, 6) is 1.71. The lowest BCUT2D eigenvalue weighted by Crippen LogP contribution is -2.27. The molecule has 0 spiro atoms. The molecule has 4 heteroatoms. The van der Waals surface area contributed by atoms with Gasteiger partial charge in [0.05, 0.1) is 0 Å². The second-order valence-corrected chi connectivity index (χ2v) is 5.29. The number of aromatic amines is 1. The third kappa shape index (κ3) is 3.59. The molecule has 4 nitrogen and oxygen atoms in total. The molecule has 1 aromatic rings.